The monoisotopic (exact) mass is 411 g/mol. The molecule has 3 rings (SSSR count). The SMILES string of the molecule is COc1ccc(NC(=O)C(=O)NCCc2ccc(N3CCCCC3)cc2)c(OC)c1. The van der Waals surface area contributed by atoms with E-state index in [2.05, 4.69) is 39.8 Å². The third-order valence-electron chi connectivity index (χ3n) is 5.22. The van der Waals surface area contributed by atoms with Crippen molar-refractivity contribution in [3.8, 4) is 11.5 Å². The number of nitrogens with zero attached hydrogens (tertiary/aromatic N) is 1. The van der Waals surface area contributed by atoms with Crippen molar-refractivity contribution in [2.24, 2.45) is 0 Å². The maximum atomic E-state index is 12.2. The van der Waals surface area contributed by atoms with Crippen molar-refractivity contribution in [3.63, 3.8) is 0 Å². The van der Waals surface area contributed by atoms with Crippen LogP contribution in [0.2, 0.25) is 0 Å². The molecular formula is C23H29N3O4. The average Bonchev–Trinajstić information content (AvgIpc) is 2.80. The molecule has 0 unspecified atom stereocenters. The molecule has 0 saturated carbocycles. The van der Waals surface area contributed by atoms with Gasteiger partial charge >= 0.3 is 11.8 Å². The molecule has 1 saturated heterocycles. The van der Waals surface area contributed by atoms with Crippen molar-refractivity contribution in [3.05, 3.63) is 48.0 Å². The van der Waals surface area contributed by atoms with E-state index in [9.17, 15) is 9.59 Å². The summed E-state index contributed by atoms with van der Waals surface area (Å²) in [7, 11) is 3.03. The summed E-state index contributed by atoms with van der Waals surface area (Å²) in [5, 5.41) is 5.23. The number of hydrogen-bond acceptors (Lipinski definition) is 5. The van der Waals surface area contributed by atoms with Crippen molar-refractivity contribution < 1.29 is 19.1 Å². The van der Waals surface area contributed by atoms with Crippen LogP contribution in [-0.4, -0.2) is 45.7 Å². The number of ether oxygens (including phenoxy) is 2. The van der Waals surface area contributed by atoms with Gasteiger partial charge in [-0.05, 0) is 55.5 Å². The molecule has 1 heterocycles. The highest BCUT2D eigenvalue weighted by Gasteiger charge is 2.16. The molecule has 30 heavy (non-hydrogen) atoms. The Kier molecular flexibility index (Phi) is 7.54. The van der Waals surface area contributed by atoms with Crippen LogP contribution in [-0.2, 0) is 16.0 Å². The van der Waals surface area contributed by atoms with Crippen LogP contribution >= 0.6 is 0 Å². The third-order valence-corrected chi connectivity index (χ3v) is 5.22. The van der Waals surface area contributed by atoms with Crippen LogP contribution in [0.1, 0.15) is 24.8 Å². The van der Waals surface area contributed by atoms with Gasteiger partial charge in [0.05, 0.1) is 19.9 Å². The normalized spacial score (nSPS) is 13.5. The molecule has 160 valence electrons. The van der Waals surface area contributed by atoms with Crippen LogP contribution in [0.25, 0.3) is 0 Å². The number of methoxy groups -OCH3 is 2. The third kappa shape index (κ3) is 5.65. The fourth-order valence-corrected chi connectivity index (χ4v) is 3.51. The summed E-state index contributed by atoms with van der Waals surface area (Å²) in [5.74, 6) is -0.401. The molecule has 2 aromatic carbocycles. The van der Waals surface area contributed by atoms with Gasteiger partial charge < -0.3 is 25.0 Å². The minimum absolute atomic E-state index is 0.384. The molecule has 0 spiro atoms. The molecule has 0 bridgehead atoms. The molecular weight excluding hydrogens is 382 g/mol. The Morgan fingerprint density at radius 3 is 2.33 bits per heavy atom. The first-order chi connectivity index (χ1) is 14.6. The van der Waals surface area contributed by atoms with Crippen LogP contribution in [0.5, 0.6) is 11.5 Å². The number of benzene rings is 2. The van der Waals surface area contributed by atoms with Gasteiger partial charge in [-0.2, -0.15) is 0 Å². The maximum Gasteiger partial charge on any atom is 0.313 e. The molecule has 7 heteroatoms. The molecule has 0 radical (unpaired) electrons. The van der Waals surface area contributed by atoms with Crippen molar-refractivity contribution in [1.29, 1.82) is 0 Å². The Morgan fingerprint density at radius 1 is 0.933 bits per heavy atom. The number of carbonyl (C=O) groups is 2. The molecule has 1 fully saturated rings. The quantitative estimate of drug-likeness (QED) is 0.685. The number of piperidine rings is 1. The number of hydrogen-bond donors (Lipinski definition) is 2. The average molecular weight is 412 g/mol. The second kappa shape index (κ2) is 10.5. The second-order valence-corrected chi connectivity index (χ2v) is 7.24. The summed E-state index contributed by atoms with van der Waals surface area (Å²) < 4.78 is 10.4. The zero-order valence-corrected chi connectivity index (χ0v) is 17.6. The van der Waals surface area contributed by atoms with E-state index in [1.165, 1.54) is 32.1 Å². The molecule has 0 aromatic heterocycles. The fourth-order valence-electron chi connectivity index (χ4n) is 3.51. The van der Waals surface area contributed by atoms with Crippen molar-refractivity contribution in [2.45, 2.75) is 25.7 Å². The van der Waals surface area contributed by atoms with Crippen molar-refractivity contribution >= 4 is 23.2 Å². The van der Waals surface area contributed by atoms with Gasteiger partial charge in [0.2, 0.25) is 0 Å². The Bertz CT molecular complexity index is 861. The number of nitrogens with one attached hydrogen (secondary N) is 2. The summed E-state index contributed by atoms with van der Waals surface area (Å²) in [4.78, 5) is 26.7. The van der Waals surface area contributed by atoms with Crippen LogP contribution in [0.15, 0.2) is 42.5 Å². The fraction of sp³-hybridized carbons (Fsp3) is 0.391. The zero-order chi connectivity index (χ0) is 21.3. The first-order valence-electron chi connectivity index (χ1n) is 10.3. The van der Waals surface area contributed by atoms with Crippen molar-refractivity contribution in [1.82, 2.24) is 5.32 Å². The largest absolute Gasteiger partial charge is 0.497 e. The van der Waals surface area contributed by atoms with Gasteiger partial charge in [-0.3, -0.25) is 9.59 Å². The highest BCUT2D eigenvalue weighted by Crippen LogP contribution is 2.28. The zero-order valence-electron chi connectivity index (χ0n) is 17.6. The summed E-state index contributed by atoms with van der Waals surface area (Å²) in [5.41, 5.74) is 2.77. The van der Waals surface area contributed by atoms with Crippen LogP contribution in [0.4, 0.5) is 11.4 Å². The molecule has 7 nitrogen and oxygen atoms in total. The van der Waals surface area contributed by atoms with E-state index in [0.717, 1.165) is 18.7 Å². The lowest BCUT2D eigenvalue weighted by Gasteiger charge is -2.28. The van der Waals surface area contributed by atoms with Gasteiger partial charge in [-0.15, -0.1) is 0 Å². The van der Waals surface area contributed by atoms with E-state index in [4.69, 9.17) is 9.47 Å². The first-order valence-corrected chi connectivity index (χ1v) is 10.3. The van der Waals surface area contributed by atoms with Crippen molar-refractivity contribution in [2.75, 3.05) is 44.1 Å². The topological polar surface area (TPSA) is 79.9 Å². The Morgan fingerprint density at radius 2 is 1.67 bits per heavy atom. The molecule has 0 aliphatic carbocycles. The smallest absolute Gasteiger partial charge is 0.313 e. The second-order valence-electron chi connectivity index (χ2n) is 7.24. The van der Waals surface area contributed by atoms with Crippen LogP contribution < -0.4 is 25.0 Å². The van der Waals surface area contributed by atoms with Crippen LogP contribution in [0, 0.1) is 0 Å². The molecule has 0 atom stereocenters. The number of anilines is 2. The van der Waals surface area contributed by atoms with E-state index in [1.807, 2.05) is 0 Å². The van der Waals surface area contributed by atoms with Gasteiger partial charge in [0.1, 0.15) is 11.5 Å². The minimum atomic E-state index is -0.737. The highest BCUT2D eigenvalue weighted by molar-refractivity contribution is 6.39. The molecule has 1 aliphatic rings. The number of carbonyl (C=O) groups excluding carboxylic acids is 2. The van der Waals surface area contributed by atoms with E-state index in [0.29, 0.717) is 30.2 Å². The standard InChI is InChI=1S/C23H29N3O4/c1-29-19-10-11-20(21(16-19)30-2)25-23(28)22(27)24-13-12-17-6-8-18(9-7-17)26-14-4-3-5-15-26/h6-11,16H,3-5,12-15H2,1-2H3,(H,24,27)(H,25,28). The predicted molar refractivity (Wildman–Crippen MR) is 117 cm³/mol. The maximum absolute atomic E-state index is 12.2. The lowest BCUT2D eigenvalue weighted by Crippen LogP contribution is -2.36. The van der Waals surface area contributed by atoms with E-state index in [-0.39, 0.29) is 0 Å². The lowest BCUT2D eigenvalue weighted by atomic mass is 10.1. The number of rotatable bonds is 7. The Balaban J connectivity index is 1.46. The molecule has 1 aliphatic heterocycles. The summed E-state index contributed by atoms with van der Waals surface area (Å²) >= 11 is 0. The van der Waals surface area contributed by atoms with Gasteiger partial charge in [0.25, 0.3) is 0 Å². The highest BCUT2D eigenvalue weighted by atomic mass is 16.5. The van der Waals surface area contributed by atoms with Gasteiger partial charge in [-0.25, -0.2) is 0 Å². The molecule has 2 amide bonds. The van der Waals surface area contributed by atoms with E-state index in [1.54, 1.807) is 25.3 Å². The summed E-state index contributed by atoms with van der Waals surface area (Å²) in [6, 6.07) is 13.4. The number of amides is 2. The van der Waals surface area contributed by atoms with Gasteiger partial charge in [0, 0.05) is 31.4 Å². The predicted octanol–water partition coefficient (Wildman–Crippen LogP) is 2.99. The summed E-state index contributed by atoms with van der Waals surface area (Å²) in [6.07, 6.45) is 4.47. The Labute approximate surface area is 177 Å². The molecule has 2 N–H and O–H groups in total. The van der Waals surface area contributed by atoms with Crippen LogP contribution in [0.3, 0.4) is 0 Å². The lowest BCUT2D eigenvalue weighted by molar-refractivity contribution is -0.136. The molecule has 2 aromatic rings. The first kappa shape index (κ1) is 21.5. The minimum Gasteiger partial charge on any atom is -0.497 e. The van der Waals surface area contributed by atoms with E-state index >= 15 is 0 Å². The van der Waals surface area contributed by atoms with E-state index < -0.39 is 11.8 Å². The van der Waals surface area contributed by atoms with Gasteiger partial charge in [-0.1, -0.05) is 12.1 Å². The van der Waals surface area contributed by atoms with Gasteiger partial charge in [0.15, 0.2) is 0 Å². The summed E-state index contributed by atoms with van der Waals surface area (Å²) in [6.45, 7) is 2.61. The Hall–Kier alpha value is -3.22.